The van der Waals surface area contributed by atoms with Crippen LogP contribution in [0.15, 0.2) is 21.6 Å². The van der Waals surface area contributed by atoms with E-state index >= 15 is 0 Å². The van der Waals surface area contributed by atoms with E-state index in [0.29, 0.717) is 0 Å². The number of allylic oxidation sites excluding steroid dienone is 4. The molecule has 0 saturated heterocycles. The summed E-state index contributed by atoms with van der Waals surface area (Å²) < 4.78 is 12.0. The average Bonchev–Trinajstić information content (AvgIpc) is 2.40. The van der Waals surface area contributed by atoms with Crippen LogP contribution in [-0.2, 0) is 25.3 Å². The van der Waals surface area contributed by atoms with E-state index in [1.807, 2.05) is 0 Å². The fourth-order valence-electron chi connectivity index (χ4n) is 1.19. The Morgan fingerprint density at radius 1 is 1.33 bits per heavy atom. The van der Waals surface area contributed by atoms with Crippen LogP contribution in [0.5, 0.6) is 0 Å². The molecule has 1 rings (SSSR count). The van der Waals surface area contributed by atoms with E-state index in [1.165, 1.54) is 9.45 Å². The Morgan fingerprint density at radius 2 is 1.92 bits per heavy atom. The third kappa shape index (κ3) is 2.72. The minimum absolute atomic E-state index is 0. The topological polar surface area (TPSA) is 18.5 Å². The summed E-state index contributed by atoms with van der Waals surface area (Å²) in [4.78, 5) is 0. The van der Waals surface area contributed by atoms with E-state index in [9.17, 15) is 0 Å². The largest absolute Gasteiger partial charge is 0.147 e. The van der Waals surface area contributed by atoms with Gasteiger partial charge in [-0.1, -0.05) is 0 Å². The van der Waals surface area contributed by atoms with Gasteiger partial charge in [0.2, 0.25) is 0 Å². The van der Waals surface area contributed by atoms with Gasteiger partial charge in [0.1, 0.15) is 0 Å². The second-order valence-corrected chi connectivity index (χ2v) is 5.58. The van der Waals surface area contributed by atoms with Crippen LogP contribution >= 0.6 is 12.4 Å². The summed E-state index contributed by atoms with van der Waals surface area (Å²) in [6.07, 6.45) is 5.33. The van der Waals surface area contributed by atoms with Gasteiger partial charge in [0.15, 0.2) is 0 Å². The van der Waals surface area contributed by atoms with Crippen molar-refractivity contribution in [2.45, 2.75) is 13.3 Å². The molecule has 1 aliphatic carbocycles. The van der Waals surface area contributed by atoms with Gasteiger partial charge < -0.3 is 0 Å². The van der Waals surface area contributed by atoms with Gasteiger partial charge in [-0.25, -0.2) is 0 Å². The van der Waals surface area contributed by atoms with E-state index in [-0.39, 0.29) is 12.4 Å². The number of hydrogen-bond acceptors (Lipinski definition) is 2. The van der Waals surface area contributed by atoms with Crippen LogP contribution in [0, 0.1) is 0 Å². The van der Waals surface area contributed by atoms with Gasteiger partial charge in [0.05, 0.1) is 0 Å². The smallest absolute Gasteiger partial charge is 0.147 e. The Balaban J connectivity index is 0.00000121. The maximum absolute atomic E-state index is 5.30. The molecule has 0 amide bonds. The normalized spacial score (nSPS) is 14.9. The summed E-state index contributed by atoms with van der Waals surface area (Å²) >= 11 is -1.75. The molecule has 0 radical (unpaired) electrons. The van der Waals surface area contributed by atoms with Crippen LogP contribution in [0.2, 0.25) is 0 Å². The van der Waals surface area contributed by atoms with Crippen molar-refractivity contribution in [1.82, 2.24) is 0 Å². The molecule has 0 spiro atoms. The minimum Gasteiger partial charge on any atom is -0.147 e. The molecule has 0 unspecified atom stereocenters. The molecule has 2 nitrogen and oxygen atoms in total. The fraction of sp³-hybridized carbons (Fsp3) is 0.500. The maximum atomic E-state index is 5.30. The maximum Gasteiger partial charge on any atom is -0.147 e. The van der Waals surface area contributed by atoms with Crippen molar-refractivity contribution < 1.29 is 25.3 Å². The summed E-state index contributed by atoms with van der Waals surface area (Å²) in [7, 11) is 3.47. The second kappa shape index (κ2) is 5.95. The predicted octanol–water partition coefficient (Wildman–Crippen LogP) is 2.38. The number of hydrogen-bond donors (Lipinski definition) is 0. The molecule has 0 saturated carbocycles. The van der Waals surface area contributed by atoms with Crippen LogP contribution < -0.4 is 0 Å². The van der Waals surface area contributed by atoms with Gasteiger partial charge in [-0.3, -0.25) is 0 Å². The van der Waals surface area contributed by atoms with Crippen molar-refractivity contribution in [3.05, 3.63) is 21.6 Å². The summed E-state index contributed by atoms with van der Waals surface area (Å²) in [6, 6.07) is 0. The summed E-state index contributed by atoms with van der Waals surface area (Å²) in [5.41, 5.74) is 1.34. The van der Waals surface area contributed by atoms with E-state index in [4.69, 9.17) is 6.64 Å². The molecule has 0 aliphatic heterocycles. The molecule has 0 aromatic heterocycles. The third-order valence-electron chi connectivity index (χ3n) is 1.78. The SMILES string of the molecule is C[O][Ti]([O]C)[C]1=C(C)C=CC1.Cl. The molecule has 0 atom stereocenters. The first-order valence-corrected chi connectivity index (χ1v) is 5.66. The minimum atomic E-state index is -1.75. The van der Waals surface area contributed by atoms with E-state index in [2.05, 4.69) is 19.1 Å². The molecule has 0 bridgehead atoms. The zero-order valence-electron chi connectivity index (χ0n) is 7.59. The molecule has 1 aliphatic rings. The molecule has 12 heavy (non-hydrogen) atoms. The molecule has 0 N–H and O–H groups in total. The fourth-order valence-corrected chi connectivity index (χ4v) is 3.30. The molecular formula is C8H14ClO2Ti. The van der Waals surface area contributed by atoms with E-state index < -0.39 is 18.6 Å². The average molecular weight is 226 g/mol. The van der Waals surface area contributed by atoms with Gasteiger partial charge in [0, 0.05) is 0 Å². The molecule has 0 heterocycles. The first-order chi connectivity index (χ1) is 5.29. The predicted molar refractivity (Wildman–Crippen MR) is 47.7 cm³/mol. The summed E-state index contributed by atoms with van der Waals surface area (Å²) in [5.74, 6) is 0. The second-order valence-electron chi connectivity index (χ2n) is 2.46. The van der Waals surface area contributed by atoms with Crippen LogP contribution in [0.1, 0.15) is 13.3 Å². The van der Waals surface area contributed by atoms with Crippen LogP contribution in [0.25, 0.3) is 0 Å². The van der Waals surface area contributed by atoms with Crippen molar-refractivity contribution >= 4 is 12.4 Å². The monoisotopic (exact) mass is 225 g/mol. The van der Waals surface area contributed by atoms with Crippen molar-refractivity contribution in [3.8, 4) is 0 Å². The van der Waals surface area contributed by atoms with Gasteiger partial charge in [-0.2, -0.15) is 0 Å². The Hall–Kier alpha value is 0.404. The Bertz CT molecular complexity index is 197. The zero-order chi connectivity index (χ0) is 8.27. The molecule has 4 heteroatoms. The number of rotatable bonds is 3. The number of halogens is 1. The van der Waals surface area contributed by atoms with Crippen LogP contribution in [-0.4, -0.2) is 14.2 Å². The molecular weight excluding hydrogens is 211 g/mol. The quantitative estimate of drug-likeness (QED) is 0.687. The van der Waals surface area contributed by atoms with Crippen molar-refractivity contribution in [1.29, 1.82) is 0 Å². The first kappa shape index (κ1) is 12.4. The van der Waals surface area contributed by atoms with Gasteiger partial charge in [-0.05, 0) is 0 Å². The zero-order valence-corrected chi connectivity index (χ0v) is 9.96. The first-order valence-electron chi connectivity index (χ1n) is 3.61. The Morgan fingerprint density at radius 3 is 2.25 bits per heavy atom. The van der Waals surface area contributed by atoms with Crippen LogP contribution in [0.4, 0.5) is 0 Å². The van der Waals surface area contributed by atoms with E-state index in [0.717, 1.165) is 6.42 Å². The van der Waals surface area contributed by atoms with Crippen molar-refractivity contribution in [2.75, 3.05) is 14.2 Å². The van der Waals surface area contributed by atoms with Gasteiger partial charge >= 0.3 is 74.5 Å². The van der Waals surface area contributed by atoms with Gasteiger partial charge in [0.25, 0.3) is 0 Å². The molecule has 69 valence electrons. The molecule has 0 aromatic carbocycles. The summed E-state index contributed by atoms with van der Waals surface area (Å²) in [5, 5.41) is 0. The molecule has 0 aromatic rings. The Kier molecular flexibility index (Phi) is 6.15. The molecule has 0 fully saturated rings. The summed E-state index contributed by atoms with van der Waals surface area (Å²) in [6.45, 7) is 2.11. The van der Waals surface area contributed by atoms with Crippen molar-refractivity contribution in [3.63, 3.8) is 0 Å². The van der Waals surface area contributed by atoms with Crippen LogP contribution in [0.3, 0.4) is 0 Å². The van der Waals surface area contributed by atoms with Gasteiger partial charge in [-0.15, -0.1) is 12.4 Å². The standard InChI is InChI=1S/C6H7.2CH3O.ClH.Ti/c1-6-4-2-3-5-6;2*1-2;;/h2,4H,3H2,1H3;2*1H3;1H;/q;2*-1;;+2. The van der Waals surface area contributed by atoms with E-state index in [1.54, 1.807) is 14.2 Å². The third-order valence-corrected chi connectivity index (χ3v) is 4.65. The van der Waals surface area contributed by atoms with Crippen molar-refractivity contribution in [2.24, 2.45) is 0 Å². The Labute approximate surface area is 86.8 Å².